The molecule has 27 heavy (non-hydrogen) atoms. The molecule has 0 aliphatic rings. The van der Waals surface area contributed by atoms with Gasteiger partial charge in [0.2, 0.25) is 0 Å². The first-order chi connectivity index (χ1) is 13.1. The lowest BCUT2D eigenvalue weighted by Crippen LogP contribution is -2.30. The number of halogens is 1. The smallest absolute Gasteiger partial charge is 0.260 e. The number of hydrogen-bond donors (Lipinski definition) is 0. The summed E-state index contributed by atoms with van der Waals surface area (Å²) in [5.74, 6) is 1.22. The summed E-state index contributed by atoms with van der Waals surface area (Å²) in [7, 11) is 1.62. The first-order valence-corrected chi connectivity index (χ1v) is 9.38. The average molecular weight is 399 g/mol. The van der Waals surface area contributed by atoms with Gasteiger partial charge in [-0.1, -0.05) is 29.0 Å². The van der Waals surface area contributed by atoms with Crippen LogP contribution < -0.4 is 9.64 Å². The van der Waals surface area contributed by atoms with Crippen LogP contribution in [0.5, 0.6) is 5.75 Å². The molecular formula is C20H15ClN2O3S. The van der Waals surface area contributed by atoms with Crippen LogP contribution in [0.2, 0.25) is 5.02 Å². The largest absolute Gasteiger partial charge is 0.497 e. The maximum atomic E-state index is 13.2. The summed E-state index contributed by atoms with van der Waals surface area (Å²) >= 11 is 7.49. The Bertz CT molecular complexity index is 1090. The van der Waals surface area contributed by atoms with Gasteiger partial charge in [0, 0.05) is 10.6 Å². The predicted octanol–water partition coefficient (Wildman–Crippen LogP) is 5.40. The number of carbonyl (C=O) groups is 1. The van der Waals surface area contributed by atoms with Crippen LogP contribution in [0.1, 0.15) is 16.1 Å². The summed E-state index contributed by atoms with van der Waals surface area (Å²) in [6, 6.07) is 16.1. The van der Waals surface area contributed by atoms with E-state index in [9.17, 15) is 4.79 Å². The van der Waals surface area contributed by atoms with Crippen molar-refractivity contribution < 1.29 is 13.9 Å². The minimum absolute atomic E-state index is 0.195. The number of hydrogen-bond acceptors (Lipinski definition) is 5. The molecule has 1 amide bonds. The molecule has 0 aliphatic carbocycles. The minimum atomic E-state index is -0.195. The van der Waals surface area contributed by atoms with Crippen LogP contribution >= 0.6 is 22.9 Å². The zero-order valence-corrected chi connectivity index (χ0v) is 16.0. The highest BCUT2D eigenvalue weighted by Crippen LogP contribution is 2.33. The minimum Gasteiger partial charge on any atom is -0.497 e. The number of aromatic nitrogens is 1. The standard InChI is InChI=1S/C20H15ClN2O3S/c1-25-15-7-8-17-18(11-15)27-20(22-17)23(12-16-6-3-9-26-16)19(24)13-4-2-5-14(21)10-13/h2-11H,12H2,1H3. The molecule has 0 N–H and O–H groups in total. The van der Waals surface area contributed by atoms with Gasteiger partial charge in [0.05, 0.1) is 30.1 Å². The Hall–Kier alpha value is -2.83. The first kappa shape index (κ1) is 17.6. The van der Waals surface area contributed by atoms with Crippen molar-refractivity contribution in [1.82, 2.24) is 4.98 Å². The summed E-state index contributed by atoms with van der Waals surface area (Å²) in [6.07, 6.45) is 1.58. The van der Waals surface area contributed by atoms with Gasteiger partial charge in [-0.05, 0) is 48.5 Å². The monoisotopic (exact) mass is 398 g/mol. The Balaban J connectivity index is 1.76. The highest BCUT2D eigenvalue weighted by atomic mass is 35.5. The lowest BCUT2D eigenvalue weighted by Gasteiger charge is -2.18. The van der Waals surface area contributed by atoms with Gasteiger partial charge < -0.3 is 9.15 Å². The molecule has 0 atom stereocenters. The third-order valence-electron chi connectivity index (χ3n) is 4.03. The molecule has 7 heteroatoms. The highest BCUT2D eigenvalue weighted by molar-refractivity contribution is 7.22. The quantitative estimate of drug-likeness (QED) is 0.451. The van der Waals surface area contributed by atoms with E-state index in [1.54, 1.807) is 48.6 Å². The molecule has 0 aliphatic heterocycles. The maximum Gasteiger partial charge on any atom is 0.260 e. The second-order valence-corrected chi connectivity index (χ2v) is 7.26. The fraction of sp³-hybridized carbons (Fsp3) is 0.100. The molecule has 2 aromatic heterocycles. The number of benzene rings is 2. The molecule has 2 heterocycles. The average Bonchev–Trinajstić information content (AvgIpc) is 3.34. The highest BCUT2D eigenvalue weighted by Gasteiger charge is 2.23. The van der Waals surface area contributed by atoms with Crippen molar-refractivity contribution in [3.8, 4) is 5.75 Å². The molecule has 5 nitrogen and oxygen atoms in total. The van der Waals surface area contributed by atoms with Crippen LogP contribution in [0.4, 0.5) is 5.13 Å². The lowest BCUT2D eigenvalue weighted by molar-refractivity contribution is 0.0983. The second kappa shape index (κ2) is 7.42. The SMILES string of the molecule is COc1ccc2nc(N(Cc3ccco3)C(=O)c3cccc(Cl)c3)sc2c1. The van der Waals surface area contributed by atoms with Gasteiger partial charge in [-0.15, -0.1) is 0 Å². The number of nitrogens with zero attached hydrogens (tertiary/aromatic N) is 2. The van der Waals surface area contributed by atoms with Crippen LogP contribution in [-0.4, -0.2) is 18.0 Å². The van der Waals surface area contributed by atoms with E-state index >= 15 is 0 Å². The molecule has 0 spiro atoms. The summed E-state index contributed by atoms with van der Waals surface area (Å²) in [4.78, 5) is 19.4. The molecule has 0 radical (unpaired) electrons. The Morgan fingerprint density at radius 3 is 2.85 bits per heavy atom. The van der Waals surface area contributed by atoms with E-state index in [1.807, 2.05) is 24.3 Å². The molecule has 0 bridgehead atoms. The van der Waals surface area contributed by atoms with Crippen LogP contribution in [-0.2, 0) is 6.54 Å². The number of methoxy groups -OCH3 is 1. The molecule has 0 saturated heterocycles. The lowest BCUT2D eigenvalue weighted by atomic mass is 10.2. The number of anilines is 1. The summed E-state index contributed by atoms with van der Waals surface area (Å²) in [5, 5.41) is 1.09. The van der Waals surface area contributed by atoms with Crippen LogP contribution in [0.25, 0.3) is 10.2 Å². The molecule has 2 aromatic carbocycles. The fourth-order valence-corrected chi connectivity index (χ4v) is 3.88. The second-order valence-electron chi connectivity index (χ2n) is 5.81. The Morgan fingerprint density at radius 1 is 1.22 bits per heavy atom. The molecular weight excluding hydrogens is 384 g/mol. The number of ether oxygens (including phenoxy) is 1. The molecule has 0 fully saturated rings. The molecule has 4 aromatic rings. The van der Waals surface area contributed by atoms with Gasteiger partial charge in [0.1, 0.15) is 11.5 Å². The molecule has 0 saturated carbocycles. The van der Waals surface area contributed by atoms with Gasteiger partial charge in [0.25, 0.3) is 5.91 Å². The van der Waals surface area contributed by atoms with Crippen molar-refractivity contribution in [2.24, 2.45) is 0 Å². The van der Waals surface area contributed by atoms with E-state index in [4.69, 9.17) is 20.8 Å². The summed E-state index contributed by atoms with van der Waals surface area (Å²) in [5.41, 5.74) is 1.30. The Labute approximate surface area is 164 Å². The van der Waals surface area contributed by atoms with Gasteiger partial charge in [0.15, 0.2) is 5.13 Å². The van der Waals surface area contributed by atoms with Crippen LogP contribution in [0, 0.1) is 0 Å². The van der Waals surface area contributed by atoms with Crippen LogP contribution in [0.15, 0.2) is 65.3 Å². The number of amides is 1. The van der Waals surface area contributed by atoms with E-state index in [1.165, 1.54) is 11.3 Å². The van der Waals surface area contributed by atoms with Crippen molar-refractivity contribution in [2.75, 3.05) is 12.0 Å². The number of rotatable bonds is 5. The zero-order valence-electron chi connectivity index (χ0n) is 14.4. The van der Waals surface area contributed by atoms with Gasteiger partial charge in [-0.25, -0.2) is 4.98 Å². The maximum absolute atomic E-state index is 13.2. The third-order valence-corrected chi connectivity index (χ3v) is 5.30. The Morgan fingerprint density at radius 2 is 2.11 bits per heavy atom. The molecule has 0 unspecified atom stereocenters. The summed E-state index contributed by atoms with van der Waals surface area (Å²) in [6.45, 7) is 0.273. The number of furan rings is 1. The van der Waals surface area contributed by atoms with Crippen molar-refractivity contribution in [3.05, 3.63) is 77.2 Å². The predicted molar refractivity (Wildman–Crippen MR) is 107 cm³/mol. The van der Waals surface area contributed by atoms with Gasteiger partial charge in [-0.2, -0.15) is 0 Å². The summed E-state index contributed by atoms with van der Waals surface area (Å²) < 4.78 is 11.7. The van der Waals surface area contributed by atoms with E-state index in [2.05, 4.69) is 4.98 Å². The van der Waals surface area contributed by atoms with E-state index in [0.29, 0.717) is 21.5 Å². The van der Waals surface area contributed by atoms with Crippen LogP contribution in [0.3, 0.4) is 0 Å². The van der Waals surface area contributed by atoms with Gasteiger partial charge >= 0.3 is 0 Å². The van der Waals surface area contributed by atoms with E-state index in [-0.39, 0.29) is 12.5 Å². The number of thiazole rings is 1. The van der Waals surface area contributed by atoms with Crippen molar-refractivity contribution in [1.29, 1.82) is 0 Å². The topological polar surface area (TPSA) is 55.6 Å². The van der Waals surface area contributed by atoms with Crippen molar-refractivity contribution in [2.45, 2.75) is 6.54 Å². The van der Waals surface area contributed by atoms with Gasteiger partial charge in [-0.3, -0.25) is 9.69 Å². The zero-order chi connectivity index (χ0) is 18.8. The fourth-order valence-electron chi connectivity index (χ4n) is 2.70. The van der Waals surface area contributed by atoms with E-state index < -0.39 is 0 Å². The van der Waals surface area contributed by atoms with Crippen molar-refractivity contribution >= 4 is 44.2 Å². The molecule has 4 rings (SSSR count). The van der Waals surface area contributed by atoms with E-state index in [0.717, 1.165) is 16.0 Å². The number of carbonyl (C=O) groups excluding carboxylic acids is 1. The van der Waals surface area contributed by atoms with Crippen molar-refractivity contribution in [3.63, 3.8) is 0 Å². The molecule has 136 valence electrons. The number of fused-ring (bicyclic) bond motifs is 1. The third kappa shape index (κ3) is 3.67. The Kier molecular flexibility index (Phi) is 4.83. The first-order valence-electron chi connectivity index (χ1n) is 8.18. The normalized spacial score (nSPS) is 10.9.